The molecule has 2 atom stereocenters. The van der Waals surface area contributed by atoms with Gasteiger partial charge in [-0.15, -0.1) is 0 Å². The molecule has 0 unspecified atom stereocenters. The molecule has 0 spiro atoms. The van der Waals surface area contributed by atoms with Crippen LogP contribution in [-0.2, 0) is 12.0 Å². The molecule has 86 valence electrons. The fourth-order valence-corrected chi connectivity index (χ4v) is 3.23. The summed E-state index contributed by atoms with van der Waals surface area (Å²) in [4.78, 5) is 4.46. The summed E-state index contributed by atoms with van der Waals surface area (Å²) in [5.74, 6) is 1.02. The summed E-state index contributed by atoms with van der Waals surface area (Å²) in [5.41, 5.74) is 1.47. The average Bonchev–Trinajstić information content (AvgIpc) is 2.61. The van der Waals surface area contributed by atoms with E-state index in [0.29, 0.717) is 11.8 Å². The summed E-state index contributed by atoms with van der Waals surface area (Å²) in [6, 6.07) is 3.85. The highest BCUT2D eigenvalue weighted by molar-refractivity contribution is 5.37. The van der Waals surface area contributed by atoms with Gasteiger partial charge in [-0.05, 0) is 31.2 Å². The number of nitrogens with zero attached hydrogens (tertiary/aromatic N) is 1. The van der Waals surface area contributed by atoms with Crippen molar-refractivity contribution < 1.29 is 9.84 Å². The Kier molecular flexibility index (Phi) is 2.18. The van der Waals surface area contributed by atoms with Crippen LogP contribution in [0.15, 0.2) is 12.1 Å². The molecule has 1 aromatic rings. The van der Waals surface area contributed by atoms with Crippen molar-refractivity contribution in [2.24, 2.45) is 5.92 Å². The van der Waals surface area contributed by atoms with E-state index < -0.39 is 5.60 Å². The molecule has 0 saturated heterocycles. The van der Waals surface area contributed by atoms with E-state index in [-0.39, 0.29) is 0 Å². The standard InChI is InChI=1S/C13H17NO2/c1-16-12-6-5-10-11(14-12)8-9-4-2-3-7-13(9,10)15/h5-6,9,15H,2-4,7-8H2,1H3/t9-,13+/m0/s1. The van der Waals surface area contributed by atoms with Crippen LogP contribution in [0.1, 0.15) is 36.9 Å². The Bertz CT molecular complexity index is 418. The van der Waals surface area contributed by atoms with E-state index in [1.54, 1.807) is 7.11 Å². The van der Waals surface area contributed by atoms with Crippen LogP contribution in [0.5, 0.6) is 5.88 Å². The van der Waals surface area contributed by atoms with Crippen LogP contribution in [0.4, 0.5) is 0 Å². The van der Waals surface area contributed by atoms with Gasteiger partial charge in [0, 0.05) is 11.6 Å². The van der Waals surface area contributed by atoms with Crippen LogP contribution in [0, 0.1) is 5.92 Å². The van der Waals surface area contributed by atoms with Gasteiger partial charge in [-0.1, -0.05) is 12.8 Å². The second-order valence-corrected chi connectivity index (χ2v) is 4.92. The Hall–Kier alpha value is -1.09. The third-order valence-electron chi connectivity index (χ3n) is 4.10. The van der Waals surface area contributed by atoms with Crippen molar-refractivity contribution in [3.63, 3.8) is 0 Å². The lowest BCUT2D eigenvalue weighted by atomic mass is 9.76. The molecule has 0 aromatic carbocycles. The van der Waals surface area contributed by atoms with E-state index in [9.17, 15) is 5.11 Å². The zero-order chi connectivity index (χ0) is 11.2. The third-order valence-corrected chi connectivity index (χ3v) is 4.10. The molecule has 16 heavy (non-hydrogen) atoms. The van der Waals surface area contributed by atoms with Crippen LogP contribution in [0.3, 0.4) is 0 Å². The van der Waals surface area contributed by atoms with Crippen LogP contribution >= 0.6 is 0 Å². The van der Waals surface area contributed by atoms with E-state index in [2.05, 4.69) is 4.98 Å². The SMILES string of the molecule is COc1ccc2c(n1)C[C@@H]1CCCC[C@]21O. The molecule has 0 aliphatic heterocycles. The lowest BCUT2D eigenvalue weighted by Crippen LogP contribution is -2.34. The lowest BCUT2D eigenvalue weighted by Gasteiger charge is -2.35. The fourth-order valence-electron chi connectivity index (χ4n) is 3.23. The molecule has 1 fully saturated rings. The zero-order valence-corrected chi connectivity index (χ0v) is 9.57. The number of hydrogen-bond donors (Lipinski definition) is 1. The normalized spacial score (nSPS) is 32.0. The summed E-state index contributed by atoms with van der Waals surface area (Å²) >= 11 is 0. The van der Waals surface area contributed by atoms with Gasteiger partial charge in [-0.25, -0.2) is 4.98 Å². The van der Waals surface area contributed by atoms with Crippen molar-refractivity contribution in [3.05, 3.63) is 23.4 Å². The molecular formula is C13H17NO2. The number of rotatable bonds is 1. The number of methoxy groups -OCH3 is 1. The van der Waals surface area contributed by atoms with Gasteiger partial charge in [0.15, 0.2) is 0 Å². The van der Waals surface area contributed by atoms with Crippen molar-refractivity contribution in [3.8, 4) is 5.88 Å². The van der Waals surface area contributed by atoms with Gasteiger partial charge in [0.05, 0.1) is 18.4 Å². The molecule has 1 aromatic heterocycles. The Morgan fingerprint density at radius 1 is 1.44 bits per heavy atom. The molecule has 0 bridgehead atoms. The summed E-state index contributed by atoms with van der Waals surface area (Å²) in [7, 11) is 1.63. The molecular weight excluding hydrogens is 202 g/mol. The quantitative estimate of drug-likeness (QED) is 0.785. The summed E-state index contributed by atoms with van der Waals surface area (Å²) in [5, 5.41) is 10.7. The first-order valence-corrected chi connectivity index (χ1v) is 6.01. The largest absolute Gasteiger partial charge is 0.481 e. The smallest absolute Gasteiger partial charge is 0.213 e. The minimum absolute atomic E-state index is 0.371. The highest BCUT2D eigenvalue weighted by Crippen LogP contribution is 2.49. The van der Waals surface area contributed by atoms with Crippen molar-refractivity contribution in [1.29, 1.82) is 0 Å². The van der Waals surface area contributed by atoms with Gasteiger partial charge in [0.25, 0.3) is 0 Å². The topological polar surface area (TPSA) is 42.4 Å². The van der Waals surface area contributed by atoms with Crippen LogP contribution in [-0.4, -0.2) is 17.2 Å². The number of pyridine rings is 1. The summed E-state index contributed by atoms with van der Waals surface area (Å²) in [6.07, 6.45) is 5.27. The molecule has 2 aliphatic carbocycles. The maximum atomic E-state index is 10.7. The van der Waals surface area contributed by atoms with Gasteiger partial charge in [-0.2, -0.15) is 0 Å². The Labute approximate surface area is 95.5 Å². The maximum Gasteiger partial charge on any atom is 0.213 e. The van der Waals surface area contributed by atoms with E-state index in [4.69, 9.17) is 4.74 Å². The second-order valence-electron chi connectivity index (χ2n) is 4.92. The van der Waals surface area contributed by atoms with Gasteiger partial charge >= 0.3 is 0 Å². The predicted molar refractivity (Wildman–Crippen MR) is 60.3 cm³/mol. The molecule has 0 radical (unpaired) electrons. The Morgan fingerprint density at radius 3 is 3.12 bits per heavy atom. The molecule has 0 amide bonds. The first-order valence-electron chi connectivity index (χ1n) is 6.01. The van der Waals surface area contributed by atoms with Gasteiger partial charge in [0.2, 0.25) is 5.88 Å². The Morgan fingerprint density at radius 2 is 2.31 bits per heavy atom. The van der Waals surface area contributed by atoms with E-state index in [0.717, 1.165) is 36.9 Å². The first kappa shape index (κ1) is 10.1. The molecule has 3 nitrogen and oxygen atoms in total. The predicted octanol–water partition coefficient (Wildman–Crippen LogP) is 2.02. The van der Waals surface area contributed by atoms with Crippen LogP contribution in [0.2, 0.25) is 0 Å². The maximum absolute atomic E-state index is 10.7. The number of aliphatic hydroxyl groups is 1. The third kappa shape index (κ3) is 1.27. The minimum atomic E-state index is -0.604. The minimum Gasteiger partial charge on any atom is -0.481 e. The van der Waals surface area contributed by atoms with Crippen molar-refractivity contribution >= 4 is 0 Å². The van der Waals surface area contributed by atoms with Gasteiger partial charge < -0.3 is 9.84 Å². The molecule has 1 saturated carbocycles. The van der Waals surface area contributed by atoms with Crippen LogP contribution < -0.4 is 4.74 Å². The first-order chi connectivity index (χ1) is 7.74. The highest BCUT2D eigenvalue weighted by Gasteiger charge is 2.47. The number of ether oxygens (including phenoxy) is 1. The molecule has 3 rings (SSSR count). The molecule has 2 aliphatic rings. The fraction of sp³-hybridized carbons (Fsp3) is 0.615. The Balaban J connectivity index is 2.05. The molecule has 1 heterocycles. The number of hydrogen-bond acceptors (Lipinski definition) is 3. The number of aromatic nitrogens is 1. The number of fused-ring (bicyclic) bond motifs is 3. The van der Waals surface area contributed by atoms with E-state index >= 15 is 0 Å². The zero-order valence-electron chi connectivity index (χ0n) is 9.57. The van der Waals surface area contributed by atoms with E-state index in [1.165, 1.54) is 6.42 Å². The molecule has 1 N–H and O–H groups in total. The van der Waals surface area contributed by atoms with Gasteiger partial charge in [-0.3, -0.25) is 0 Å². The second kappa shape index (κ2) is 3.45. The summed E-state index contributed by atoms with van der Waals surface area (Å²) in [6.45, 7) is 0. The monoisotopic (exact) mass is 219 g/mol. The van der Waals surface area contributed by atoms with E-state index in [1.807, 2.05) is 12.1 Å². The van der Waals surface area contributed by atoms with Crippen LogP contribution in [0.25, 0.3) is 0 Å². The van der Waals surface area contributed by atoms with Crippen molar-refractivity contribution in [2.75, 3.05) is 7.11 Å². The lowest BCUT2D eigenvalue weighted by molar-refractivity contribution is -0.0414. The highest BCUT2D eigenvalue weighted by atomic mass is 16.5. The molecule has 3 heteroatoms. The average molecular weight is 219 g/mol. The van der Waals surface area contributed by atoms with Crippen molar-refractivity contribution in [1.82, 2.24) is 4.98 Å². The summed E-state index contributed by atoms with van der Waals surface area (Å²) < 4.78 is 5.13. The van der Waals surface area contributed by atoms with Crippen molar-refractivity contribution in [2.45, 2.75) is 37.7 Å². The van der Waals surface area contributed by atoms with Gasteiger partial charge in [0.1, 0.15) is 0 Å².